The summed E-state index contributed by atoms with van der Waals surface area (Å²) < 4.78 is 40.3. The highest BCUT2D eigenvalue weighted by atomic mass is 19.1. The van der Waals surface area contributed by atoms with Crippen molar-refractivity contribution in [3.8, 4) is 11.1 Å². The van der Waals surface area contributed by atoms with Crippen LogP contribution in [0.1, 0.15) is 47.4 Å². The Bertz CT molecular complexity index is 1480. The second kappa shape index (κ2) is 11.3. The molecule has 2 amide bonds. The van der Waals surface area contributed by atoms with Gasteiger partial charge in [-0.1, -0.05) is 36.4 Å². The maximum absolute atomic E-state index is 13.8. The van der Waals surface area contributed by atoms with Crippen molar-refractivity contribution >= 4 is 11.8 Å². The summed E-state index contributed by atoms with van der Waals surface area (Å²) >= 11 is 0. The predicted molar refractivity (Wildman–Crippen MR) is 146 cm³/mol. The van der Waals surface area contributed by atoms with Crippen LogP contribution in [0.4, 0.5) is 13.2 Å². The maximum atomic E-state index is 13.8. The maximum Gasteiger partial charge on any atom is 0.253 e. The summed E-state index contributed by atoms with van der Waals surface area (Å²) in [5, 5.41) is 3.02. The Morgan fingerprint density at radius 1 is 0.775 bits per heavy atom. The van der Waals surface area contributed by atoms with Gasteiger partial charge >= 0.3 is 0 Å². The number of piperidine rings is 1. The first-order chi connectivity index (χ1) is 19.2. The van der Waals surface area contributed by atoms with Crippen LogP contribution in [0.15, 0.2) is 91.1 Å². The molecule has 0 aliphatic carbocycles. The largest absolute Gasteiger partial charge is 0.349 e. The molecule has 1 aliphatic heterocycles. The van der Waals surface area contributed by atoms with Gasteiger partial charge in [0.05, 0.1) is 23.3 Å². The summed E-state index contributed by atoms with van der Waals surface area (Å²) in [6, 6.07) is 21.6. The molecule has 3 aromatic carbocycles. The van der Waals surface area contributed by atoms with Crippen molar-refractivity contribution in [2.75, 3.05) is 13.1 Å². The monoisotopic (exact) mass is 543 g/mol. The number of nitrogens with one attached hydrogen (secondary N) is 1. The number of carbonyl (C=O) groups is 2. The van der Waals surface area contributed by atoms with Crippen LogP contribution in [0.25, 0.3) is 11.1 Å². The van der Waals surface area contributed by atoms with E-state index >= 15 is 0 Å². The average Bonchev–Trinajstić information content (AvgIpc) is 2.98. The highest BCUT2D eigenvalue weighted by Crippen LogP contribution is 2.36. The van der Waals surface area contributed by atoms with Gasteiger partial charge in [0.15, 0.2) is 0 Å². The van der Waals surface area contributed by atoms with Gasteiger partial charge in [0.25, 0.3) is 5.91 Å². The quantitative estimate of drug-likeness (QED) is 0.314. The number of hydrogen-bond acceptors (Lipinski definition) is 3. The van der Waals surface area contributed by atoms with Crippen molar-refractivity contribution in [2.45, 2.75) is 31.2 Å². The summed E-state index contributed by atoms with van der Waals surface area (Å²) in [6.45, 7) is 2.41. The Morgan fingerprint density at radius 3 is 1.85 bits per heavy atom. The first-order valence-corrected chi connectivity index (χ1v) is 13.1. The molecule has 5 nitrogen and oxygen atoms in total. The Labute approximate surface area is 230 Å². The van der Waals surface area contributed by atoms with Crippen molar-refractivity contribution in [2.24, 2.45) is 0 Å². The lowest BCUT2D eigenvalue weighted by Gasteiger charge is -2.41. The highest BCUT2D eigenvalue weighted by molar-refractivity contribution is 5.95. The van der Waals surface area contributed by atoms with Gasteiger partial charge in [0.1, 0.15) is 17.5 Å². The first-order valence-electron chi connectivity index (χ1n) is 13.1. The molecule has 2 heterocycles. The minimum Gasteiger partial charge on any atom is -0.349 e. The zero-order valence-electron chi connectivity index (χ0n) is 21.9. The van der Waals surface area contributed by atoms with Crippen molar-refractivity contribution in [1.29, 1.82) is 0 Å². The second-order valence-corrected chi connectivity index (χ2v) is 10.1. The fourth-order valence-corrected chi connectivity index (χ4v) is 5.15. The van der Waals surface area contributed by atoms with Crippen LogP contribution >= 0.6 is 0 Å². The molecule has 1 atom stereocenters. The van der Waals surface area contributed by atoms with Gasteiger partial charge in [0, 0.05) is 18.7 Å². The van der Waals surface area contributed by atoms with Gasteiger partial charge in [-0.3, -0.25) is 14.6 Å². The number of aromatic nitrogens is 1. The molecule has 1 fully saturated rings. The third kappa shape index (κ3) is 5.61. The highest BCUT2D eigenvalue weighted by Gasteiger charge is 2.45. The molecule has 0 spiro atoms. The Hall–Kier alpha value is -4.46. The van der Waals surface area contributed by atoms with E-state index in [0.717, 1.165) is 22.9 Å². The van der Waals surface area contributed by atoms with Crippen LogP contribution < -0.4 is 5.32 Å². The molecule has 5 rings (SSSR count). The van der Waals surface area contributed by atoms with Gasteiger partial charge in [-0.05, 0) is 85.0 Å². The number of likely N-dealkylation sites (tertiary alicyclic amines) is 1. The molecule has 8 heteroatoms. The van der Waals surface area contributed by atoms with E-state index in [2.05, 4.69) is 10.3 Å². The molecule has 1 aromatic heterocycles. The number of rotatable bonds is 6. The molecular weight excluding hydrogens is 515 g/mol. The summed E-state index contributed by atoms with van der Waals surface area (Å²) in [7, 11) is 0. The van der Waals surface area contributed by atoms with Crippen LogP contribution in [-0.4, -0.2) is 34.8 Å². The van der Waals surface area contributed by atoms with Crippen molar-refractivity contribution < 1.29 is 22.8 Å². The van der Waals surface area contributed by atoms with Gasteiger partial charge in [-0.2, -0.15) is 0 Å². The SMILES string of the molecule is C[C@H](NC(=O)C1(c2ccc(F)cn2)CCN(C(=O)c2ccc(-c3ccc(F)cc3)cc2)CC1)c1ccc(F)cc1. The van der Waals surface area contributed by atoms with E-state index < -0.39 is 17.3 Å². The van der Waals surface area contributed by atoms with E-state index in [9.17, 15) is 22.8 Å². The number of halogens is 3. The zero-order chi connectivity index (χ0) is 28.3. The van der Waals surface area contributed by atoms with E-state index in [1.165, 1.54) is 36.4 Å². The number of hydrogen-bond donors (Lipinski definition) is 1. The van der Waals surface area contributed by atoms with Crippen LogP contribution in [0.5, 0.6) is 0 Å². The molecule has 4 aromatic rings. The number of amides is 2. The number of nitrogens with zero attached hydrogens (tertiary/aromatic N) is 2. The first kappa shape index (κ1) is 27.1. The minimum atomic E-state index is -1.06. The van der Waals surface area contributed by atoms with Crippen LogP contribution in [0.3, 0.4) is 0 Å². The van der Waals surface area contributed by atoms with E-state index in [1.54, 1.807) is 41.3 Å². The van der Waals surface area contributed by atoms with Crippen LogP contribution in [-0.2, 0) is 10.2 Å². The molecule has 204 valence electrons. The molecule has 0 saturated carbocycles. The zero-order valence-corrected chi connectivity index (χ0v) is 21.9. The van der Waals surface area contributed by atoms with E-state index in [4.69, 9.17) is 0 Å². The molecule has 0 unspecified atom stereocenters. The van der Waals surface area contributed by atoms with E-state index in [1.807, 2.05) is 19.1 Å². The molecule has 1 N–H and O–H groups in total. The number of benzene rings is 3. The lowest BCUT2D eigenvalue weighted by atomic mass is 9.74. The summed E-state index contributed by atoms with van der Waals surface area (Å²) in [4.78, 5) is 33.0. The molecular formula is C32H28F3N3O2. The average molecular weight is 544 g/mol. The summed E-state index contributed by atoms with van der Waals surface area (Å²) in [5.41, 5.74) is 2.33. The normalized spacial score (nSPS) is 15.3. The molecule has 1 aliphatic rings. The Kier molecular flexibility index (Phi) is 7.69. The lowest BCUT2D eigenvalue weighted by molar-refractivity contribution is -0.129. The van der Waals surface area contributed by atoms with Crippen molar-refractivity contribution in [3.63, 3.8) is 0 Å². The van der Waals surface area contributed by atoms with Crippen molar-refractivity contribution in [1.82, 2.24) is 15.2 Å². The fourth-order valence-electron chi connectivity index (χ4n) is 5.15. The number of carbonyl (C=O) groups excluding carboxylic acids is 2. The van der Waals surface area contributed by atoms with Gasteiger partial charge in [-0.25, -0.2) is 13.2 Å². The second-order valence-electron chi connectivity index (χ2n) is 10.1. The number of pyridine rings is 1. The Morgan fingerprint density at radius 2 is 1.30 bits per heavy atom. The van der Waals surface area contributed by atoms with Crippen LogP contribution in [0.2, 0.25) is 0 Å². The van der Waals surface area contributed by atoms with Gasteiger partial charge in [0.2, 0.25) is 5.91 Å². The molecule has 0 radical (unpaired) electrons. The minimum absolute atomic E-state index is 0.161. The topological polar surface area (TPSA) is 62.3 Å². The third-order valence-electron chi connectivity index (χ3n) is 7.58. The van der Waals surface area contributed by atoms with E-state index in [0.29, 0.717) is 37.2 Å². The Balaban J connectivity index is 1.32. The molecule has 1 saturated heterocycles. The fraction of sp³-hybridized carbons (Fsp3) is 0.219. The van der Waals surface area contributed by atoms with Crippen molar-refractivity contribution in [3.05, 3.63) is 125 Å². The summed E-state index contributed by atoms with van der Waals surface area (Å²) in [6.07, 6.45) is 1.69. The van der Waals surface area contributed by atoms with Crippen LogP contribution in [0, 0.1) is 17.5 Å². The summed E-state index contributed by atoms with van der Waals surface area (Å²) in [5.74, 6) is -1.62. The molecule has 0 bridgehead atoms. The smallest absolute Gasteiger partial charge is 0.253 e. The van der Waals surface area contributed by atoms with E-state index in [-0.39, 0.29) is 23.4 Å². The standard InChI is InChI=1S/C32H28F3N3O2/c1-21(22-6-10-26(33)11-7-22)37-31(40)32(29-15-14-28(35)20-36-29)16-18-38(19-17-32)30(39)25-4-2-23(3-5-25)24-8-12-27(34)13-9-24/h2-15,20-21H,16-19H2,1H3,(H,37,40)/t21-/m0/s1. The lowest BCUT2D eigenvalue weighted by Crippen LogP contribution is -2.53. The van der Waals surface area contributed by atoms with Gasteiger partial charge < -0.3 is 10.2 Å². The third-order valence-corrected chi connectivity index (χ3v) is 7.58. The molecule has 40 heavy (non-hydrogen) atoms. The van der Waals surface area contributed by atoms with Gasteiger partial charge in [-0.15, -0.1) is 0 Å². The predicted octanol–water partition coefficient (Wildman–Crippen LogP) is 6.22.